The zero-order valence-electron chi connectivity index (χ0n) is 11.9. The highest BCUT2D eigenvalue weighted by molar-refractivity contribution is 7.99. The summed E-state index contributed by atoms with van der Waals surface area (Å²) in [7, 11) is 0. The summed E-state index contributed by atoms with van der Waals surface area (Å²) >= 11 is 1.63. The summed E-state index contributed by atoms with van der Waals surface area (Å²) in [6, 6.07) is 0.578. The van der Waals surface area contributed by atoms with Crippen LogP contribution in [0.25, 0.3) is 0 Å². The largest absolute Gasteiger partial charge is 0.303 e. The van der Waals surface area contributed by atoms with Crippen molar-refractivity contribution in [3.05, 3.63) is 5.82 Å². The first kappa shape index (κ1) is 13.9. The zero-order chi connectivity index (χ0) is 14.3. The smallest absolute Gasteiger partial charge is 0.237 e. The predicted octanol–water partition coefficient (Wildman–Crippen LogP) is 1.60. The van der Waals surface area contributed by atoms with Crippen molar-refractivity contribution in [1.29, 1.82) is 0 Å². The van der Waals surface area contributed by atoms with Crippen LogP contribution in [0.2, 0.25) is 0 Å². The Labute approximate surface area is 122 Å². The topological polar surface area (TPSA) is 85.8 Å². The molecule has 7 heteroatoms. The minimum atomic E-state index is -0.154. The lowest BCUT2D eigenvalue weighted by molar-refractivity contribution is -0.124. The van der Waals surface area contributed by atoms with Gasteiger partial charge in [0.05, 0.1) is 0 Å². The Morgan fingerprint density at radius 1 is 1.35 bits per heavy atom. The van der Waals surface area contributed by atoms with Crippen LogP contribution in [-0.2, 0) is 4.79 Å². The van der Waals surface area contributed by atoms with Crippen LogP contribution in [0, 0.1) is 5.92 Å². The molecule has 0 spiro atoms. The highest BCUT2D eigenvalue weighted by Gasteiger charge is 2.37. The van der Waals surface area contributed by atoms with Crippen molar-refractivity contribution >= 4 is 17.7 Å². The average Bonchev–Trinajstić information content (AvgIpc) is 3.36. The van der Waals surface area contributed by atoms with Gasteiger partial charge < -0.3 is 4.57 Å². The molecular formula is C13H21N5OS. The number of aromatic nitrogens is 3. The van der Waals surface area contributed by atoms with Crippen molar-refractivity contribution in [3.8, 4) is 0 Å². The van der Waals surface area contributed by atoms with E-state index in [9.17, 15) is 4.79 Å². The van der Waals surface area contributed by atoms with Crippen LogP contribution in [0.15, 0.2) is 5.16 Å². The van der Waals surface area contributed by atoms with Crippen molar-refractivity contribution in [1.82, 2.24) is 20.2 Å². The summed E-state index contributed by atoms with van der Waals surface area (Å²) in [6.45, 7) is 3.92. The minimum Gasteiger partial charge on any atom is -0.303 e. The number of hydrazine groups is 1. The third-order valence-corrected chi connectivity index (χ3v) is 5.37. The van der Waals surface area contributed by atoms with E-state index in [0.29, 0.717) is 12.0 Å². The Kier molecular flexibility index (Phi) is 3.72. The second kappa shape index (κ2) is 5.37. The number of amides is 1. The Balaban J connectivity index is 1.75. The van der Waals surface area contributed by atoms with E-state index in [-0.39, 0.29) is 17.1 Å². The van der Waals surface area contributed by atoms with Crippen LogP contribution in [-0.4, -0.2) is 25.9 Å². The van der Waals surface area contributed by atoms with Crippen molar-refractivity contribution < 1.29 is 4.79 Å². The maximum Gasteiger partial charge on any atom is 0.237 e. The van der Waals surface area contributed by atoms with Crippen LogP contribution in [0.3, 0.4) is 0 Å². The van der Waals surface area contributed by atoms with E-state index < -0.39 is 0 Å². The Hall–Kier alpha value is -1.08. The molecule has 1 aromatic rings. The van der Waals surface area contributed by atoms with E-state index in [1.54, 1.807) is 11.8 Å². The fraction of sp³-hybridized carbons (Fsp3) is 0.769. The highest BCUT2D eigenvalue weighted by Crippen LogP contribution is 2.46. The van der Waals surface area contributed by atoms with E-state index in [4.69, 9.17) is 5.84 Å². The van der Waals surface area contributed by atoms with Gasteiger partial charge in [0.25, 0.3) is 0 Å². The third kappa shape index (κ3) is 2.69. The molecule has 3 N–H and O–H groups in total. The van der Waals surface area contributed by atoms with E-state index in [1.807, 2.05) is 13.8 Å². The van der Waals surface area contributed by atoms with Crippen molar-refractivity contribution in [2.45, 2.75) is 61.9 Å². The molecule has 3 rings (SSSR count). The molecule has 6 nitrogen and oxygen atoms in total. The summed E-state index contributed by atoms with van der Waals surface area (Å²) in [5.41, 5.74) is 2.22. The molecule has 2 fully saturated rings. The zero-order valence-corrected chi connectivity index (χ0v) is 12.7. The Bertz CT molecular complexity index is 509. The lowest BCUT2D eigenvalue weighted by Crippen LogP contribution is -2.38. The monoisotopic (exact) mass is 295 g/mol. The van der Waals surface area contributed by atoms with Gasteiger partial charge in [-0.3, -0.25) is 10.2 Å². The molecule has 2 saturated carbocycles. The molecular weight excluding hydrogens is 274 g/mol. The van der Waals surface area contributed by atoms with Crippen molar-refractivity contribution in [2.24, 2.45) is 11.8 Å². The molecule has 2 atom stereocenters. The minimum absolute atomic E-state index is 0.118. The van der Waals surface area contributed by atoms with Crippen molar-refractivity contribution in [3.63, 3.8) is 0 Å². The van der Waals surface area contributed by atoms with Gasteiger partial charge >= 0.3 is 0 Å². The Morgan fingerprint density at radius 2 is 2.05 bits per heavy atom. The van der Waals surface area contributed by atoms with Crippen molar-refractivity contribution in [2.75, 3.05) is 0 Å². The number of carbonyl (C=O) groups is 1. The van der Waals surface area contributed by atoms with Gasteiger partial charge in [-0.25, -0.2) is 5.84 Å². The highest BCUT2D eigenvalue weighted by atomic mass is 32.2. The summed E-state index contributed by atoms with van der Waals surface area (Å²) in [4.78, 5) is 11.6. The Morgan fingerprint density at radius 3 is 2.60 bits per heavy atom. The number of nitrogens with zero attached hydrogens (tertiary/aromatic N) is 3. The van der Waals surface area contributed by atoms with Gasteiger partial charge in [0.2, 0.25) is 5.91 Å². The lowest BCUT2D eigenvalue weighted by atomic mass is 10.1. The number of thioether (sulfide) groups is 1. The van der Waals surface area contributed by atoms with E-state index in [1.165, 1.54) is 25.7 Å². The molecule has 2 aliphatic rings. The fourth-order valence-corrected chi connectivity index (χ4v) is 3.38. The number of hydrogen-bond acceptors (Lipinski definition) is 5. The van der Waals surface area contributed by atoms with Gasteiger partial charge in [0.15, 0.2) is 5.16 Å². The fourth-order valence-electron chi connectivity index (χ4n) is 2.28. The molecule has 1 amide bonds. The standard InChI is InChI=1S/C13H21N5OS/c1-7(12(19)15-14)8(2)20-13-17-16-11(9-3-4-9)18(13)10-5-6-10/h7-10H,3-6,14H2,1-2H3,(H,15,19). The lowest BCUT2D eigenvalue weighted by Gasteiger charge is -2.18. The average molecular weight is 295 g/mol. The molecule has 1 heterocycles. The molecule has 20 heavy (non-hydrogen) atoms. The first-order chi connectivity index (χ1) is 9.61. The second-order valence-electron chi connectivity index (χ2n) is 5.84. The predicted molar refractivity (Wildman–Crippen MR) is 77.1 cm³/mol. The van der Waals surface area contributed by atoms with E-state index in [2.05, 4.69) is 20.2 Å². The maximum absolute atomic E-state index is 11.6. The summed E-state index contributed by atoms with van der Waals surface area (Å²) in [5, 5.41) is 9.82. The molecule has 1 aromatic heterocycles. The van der Waals surface area contributed by atoms with Gasteiger partial charge in [-0.2, -0.15) is 0 Å². The first-order valence-electron chi connectivity index (χ1n) is 7.23. The van der Waals surface area contributed by atoms with Crippen LogP contribution >= 0.6 is 11.8 Å². The number of nitrogens with two attached hydrogens (primary N) is 1. The molecule has 0 bridgehead atoms. The molecule has 0 radical (unpaired) electrons. The molecule has 0 aromatic carbocycles. The summed E-state index contributed by atoms with van der Waals surface area (Å²) in [5.74, 6) is 6.67. The number of carbonyl (C=O) groups excluding carboxylic acids is 1. The van der Waals surface area contributed by atoms with Gasteiger partial charge in [-0.05, 0) is 25.7 Å². The van der Waals surface area contributed by atoms with E-state index >= 15 is 0 Å². The number of rotatable bonds is 6. The van der Waals surface area contributed by atoms with Crippen LogP contribution in [0.1, 0.15) is 57.3 Å². The second-order valence-corrected chi connectivity index (χ2v) is 7.18. The summed E-state index contributed by atoms with van der Waals surface area (Å²) < 4.78 is 2.31. The first-order valence-corrected chi connectivity index (χ1v) is 8.11. The van der Waals surface area contributed by atoms with Crippen LogP contribution in [0.4, 0.5) is 0 Å². The van der Waals surface area contributed by atoms with Gasteiger partial charge in [0.1, 0.15) is 5.82 Å². The normalized spacial score (nSPS) is 21.6. The van der Waals surface area contributed by atoms with Gasteiger partial charge in [0, 0.05) is 23.1 Å². The number of hydrogen-bond donors (Lipinski definition) is 2. The number of nitrogens with one attached hydrogen (secondary N) is 1. The maximum atomic E-state index is 11.6. The molecule has 0 saturated heterocycles. The molecule has 2 aliphatic carbocycles. The molecule has 0 aliphatic heterocycles. The third-order valence-electron chi connectivity index (χ3n) is 4.10. The SMILES string of the molecule is CC(Sc1nnc(C2CC2)n1C1CC1)C(C)C(=O)NN. The van der Waals surface area contributed by atoms with E-state index in [0.717, 1.165) is 11.0 Å². The van der Waals surface area contributed by atoms with Crippen LogP contribution in [0.5, 0.6) is 0 Å². The van der Waals surface area contributed by atoms with Gasteiger partial charge in [-0.15, -0.1) is 10.2 Å². The summed E-state index contributed by atoms with van der Waals surface area (Å²) in [6.07, 6.45) is 4.91. The van der Waals surface area contributed by atoms with Gasteiger partial charge in [-0.1, -0.05) is 25.6 Å². The van der Waals surface area contributed by atoms with Crippen LogP contribution < -0.4 is 11.3 Å². The molecule has 2 unspecified atom stereocenters. The molecule has 110 valence electrons. The quantitative estimate of drug-likeness (QED) is 0.360.